The molecule has 0 aromatic heterocycles. The van der Waals surface area contributed by atoms with Crippen molar-refractivity contribution in [1.82, 2.24) is 0 Å². The summed E-state index contributed by atoms with van der Waals surface area (Å²) in [6.45, 7) is 1.90. The molecule has 98 valence electrons. The van der Waals surface area contributed by atoms with Crippen LogP contribution in [0.1, 0.15) is 5.56 Å². The number of halogens is 2. The van der Waals surface area contributed by atoms with Gasteiger partial charge in [0, 0.05) is 15.8 Å². The van der Waals surface area contributed by atoms with Crippen LogP contribution in [0, 0.1) is 12.7 Å². The van der Waals surface area contributed by atoms with E-state index in [1.54, 1.807) is 0 Å². The molecule has 0 saturated heterocycles. The molecule has 0 aliphatic rings. The molecule has 0 radical (unpaired) electrons. The van der Waals surface area contributed by atoms with E-state index in [-0.39, 0.29) is 11.8 Å². The predicted molar refractivity (Wildman–Crippen MR) is 77.9 cm³/mol. The highest BCUT2D eigenvalue weighted by atomic mass is 79.9. The number of rotatable bonds is 2. The monoisotopic (exact) mass is 322 g/mol. The van der Waals surface area contributed by atoms with E-state index in [0.29, 0.717) is 11.4 Å². The van der Waals surface area contributed by atoms with Crippen molar-refractivity contribution in [2.75, 3.05) is 10.6 Å². The lowest BCUT2D eigenvalue weighted by molar-refractivity contribution is 0.262. The van der Waals surface area contributed by atoms with Crippen LogP contribution in [0.2, 0.25) is 0 Å². The van der Waals surface area contributed by atoms with Gasteiger partial charge in [0.2, 0.25) is 0 Å². The summed E-state index contributed by atoms with van der Waals surface area (Å²) in [5.41, 5.74) is 2.21. The maximum atomic E-state index is 12.7. The standard InChI is InChI=1S/C14H12BrFN2O/c1-9-2-3-10(15)8-13(9)18-14(19)17-12-6-4-11(16)5-7-12/h2-8H,1H3,(H2,17,18,19). The van der Waals surface area contributed by atoms with Crippen LogP contribution in [-0.4, -0.2) is 6.03 Å². The summed E-state index contributed by atoms with van der Waals surface area (Å²) in [4.78, 5) is 11.8. The topological polar surface area (TPSA) is 41.1 Å². The Balaban J connectivity index is 2.05. The predicted octanol–water partition coefficient (Wildman–Crippen LogP) is 4.54. The van der Waals surface area contributed by atoms with Gasteiger partial charge in [-0.15, -0.1) is 0 Å². The number of carbonyl (C=O) groups is 1. The fourth-order valence-corrected chi connectivity index (χ4v) is 1.91. The summed E-state index contributed by atoms with van der Waals surface area (Å²) in [5.74, 6) is -0.339. The average Bonchev–Trinajstić information content (AvgIpc) is 2.37. The average molecular weight is 323 g/mol. The first kappa shape index (κ1) is 13.5. The highest BCUT2D eigenvalue weighted by Crippen LogP contribution is 2.20. The molecule has 2 rings (SSSR count). The van der Waals surface area contributed by atoms with Crippen molar-refractivity contribution in [1.29, 1.82) is 0 Å². The van der Waals surface area contributed by atoms with Gasteiger partial charge in [0.25, 0.3) is 0 Å². The van der Waals surface area contributed by atoms with Gasteiger partial charge in [-0.2, -0.15) is 0 Å². The zero-order valence-corrected chi connectivity index (χ0v) is 11.8. The molecule has 0 unspecified atom stereocenters. The largest absolute Gasteiger partial charge is 0.323 e. The molecule has 0 heterocycles. The van der Waals surface area contributed by atoms with Crippen molar-refractivity contribution in [3.05, 3.63) is 58.3 Å². The van der Waals surface area contributed by atoms with Gasteiger partial charge in [0.15, 0.2) is 0 Å². The Morgan fingerprint density at radius 1 is 1.11 bits per heavy atom. The molecule has 0 atom stereocenters. The molecule has 0 saturated carbocycles. The zero-order chi connectivity index (χ0) is 13.8. The summed E-state index contributed by atoms with van der Waals surface area (Å²) in [7, 11) is 0. The number of anilines is 2. The maximum Gasteiger partial charge on any atom is 0.323 e. The molecule has 19 heavy (non-hydrogen) atoms. The van der Waals surface area contributed by atoms with Crippen molar-refractivity contribution in [2.45, 2.75) is 6.92 Å². The third kappa shape index (κ3) is 3.79. The molecule has 0 aliphatic carbocycles. The van der Waals surface area contributed by atoms with Gasteiger partial charge in [-0.1, -0.05) is 22.0 Å². The summed E-state index contributed by atoms with van der Waals surface area (Å²) in [6, 6.07) is 10.8. The fourth-order valence-electron chi connectivity index (χ4n) is 1.55. The van der Waals surface area contributed by atoms with E-state index in [1.807, 2.05) is 25.1 Å². The minimum Gasteiger partial charge on any atom is -0.308 e. The minimum absolute atomic E-state index is 0.339. The van der Waals surface area contributed by atoms with E-state index in [2.05, 4.69) is 26.6 Å². The van der Waals surface area contributed by atoms with Crippen molar-refractivity contribution in [3.8, 4) is 0 Å². The van der Waals surface area contributed by atoms with Crippen molar-refractivity contribution >= 4 is 33.3 Å². The number of hydrogen-bond donors (Lipinski definition) is 2. The quantitative estimate of drug-likeness (QED) is 0.837. The maximum absolute atomic E-state index is 12.7. The van der Waals surface area contributed by atoms with Gasteiger partial charge in [-0.05, 0) is 48.9 Å². The molecule has 3 nitrogen and oxygen atoms in total. The second-order valence-electron chi connectivity index (χ2n) is 4.05. The van der Waals surface area contributed by atoms with Crippen LogP contribution in [-0.2, 0) is 0 Å². The molecule has 2 aromatic carbocycles. The lowest BCUT2D eigenvalue weighted by atomic mass is 10.2. The van der Waals surface area contributed by atoms with Crippen LogP contribution < -0.4 is 10.6 Å². The van der Waals surface area contributed by atoms with Crippen LogP contribution in [0.3, 0.4) is 0 Å². The van der Waals surface area contributed by atoms with E-state index in [1.165, 1.54) is 24.3 Å². The molecule has 5 heteroatoms. The van der Waals surface area contributed by atoms with Crippen LogP contribution in [0.5, 0.6) is 0 Å². The van der Waals surface area contributed by atoms with Gasteiger partial charge in [0.1, 0.15) is 5.82 Å². The van der Waals surface area contributed by atoms with Crippen LogP contribution >= 0.6 is 15.9 Å². The first-order valence-electron chi connectivity index (χ1n) is 5.64. The van der Waals surface area contributed by atoms with Crippen molar-refractivity contribution in [3.63, 3.8) is 0 Å². The second kappa shape index (κ2) is 5.84. The van der Waals surface area contributed by atoms with E-state index >= 15 is 0 Å². The molecule has 0 fully saturated rings. The number of benzene rings is 2. The number of amides is 2. The Morgan fingerprint density at radius 3 is 2.47 bits per heavy atom. The molecule has 2 N–H and O–H groups in total. The Bertz CT molecular complexity index is 599. The summed E-state index contributed by atoms with van der Waals surface area (Å²) in [6.07, 6.45) is 0. The molecule has 0 spiro atoms. The summed E-state index contributed by atoms with van der Waals surface area (Å²) in [5, 5.41) is 5.37. The first-order chi connectivity index (χ1) is 9.04. The Morgan fingerprint density at radius 2 is 1.79 bits per heavy atom. The molecular weight excluding hydrogens is 311 g/mol. The lowest BCUT2D eigenvalue weighted by Gasteiger charge is -2.10. The third-order valence-electron chi connectivity index (χ3n) is 2.55. The number of carbonyl (C=O) groups excluding carboxylic acids is 1. The zero-order valence-electron chi connectivity index (χ0n) is 10.2. The van der Waals surface area contributed by atoms with Gasteiger partial charge < -0.3 is 10.6 Å². The Kier molecular flexibility index (Phi) is 4.16. The van der Waals surface area contributed by atoms with E-state index in [0.717, 1.165) is 10.0 Å². The number of aryl methyl sites for hydroxylation is 1. The number of urea groups is 1. The van der Waals surface area contributed by atoms with Crippen molar-refractivity contribution in [2.24, 2.45) is 0 Å². The highest BCUT2D eigenvalue weighted by Gasteiger charge is 2.05. The number of hydrogen-bond acceptors (Lipinski definition) is 1. The van der Waals surface area contributed by atoms with E-state index in [9.17, 15) is 9.18 Å². The Labute approximate surface area is 119 Å². The third-order valence-corrected chi connectivity index (χ3v) is 3.04. The fraction of sp³-hybridized carbons (Fsp3) is 0.0714. The van der Waals surface area contributed by atoms with Crippen LogP contribution in [0.15, 0.2) is 46.9 Å². The van der Waals surface area contributed by atoms with E-state index < -0.39 is 0 Å². The minimum atomic E-state index is -0.368. The van der Waals surface area contributed by atoms with Gasteiger partial charge in [-0.25, -0.2) is 9.18 Å². The smallest absolute Gasteiger partial charge is 0.308 e. The summed E-state index contributed by atoms with van der Waals surface area (Å²) >= 11 is 3.35. The highest BCUT2D eigenvalue weighted by molar-refractivity contribution is 9.10. The van der Waals surface area contributed by atoms with Crippen LogP contribution in [0.4, 0.5) is 20.6 Å². The molecule has 2 aromatic rings. The second-order valence-corrected chi connectivity index (χ2v) is 4.96. The molecule has 0 bridgehead atoms. The summed E-state index contributed by atoms with van der Waals surface area (Å²) < 4.78 is 13.6. The van der Waals surface area contributed by atoms with E-state index in [4.69, 9.17) is 0 Å². The lowest BCUT2D eigenvalue weighted by Crippen LogP contribution is -2.19. The first-order valence-corrected chi connectivity index (χ1v) is 6.43. The van der Waals surface area contributed by atoms with Gasteiger partial charge >= 0.3 is 6.03 Å². The Hall–Kier alpha value is -1.88. The normalized spacial score (nSPS) is 10.1. The van der Waals surface area contributed by atoms with Gasteiger partial charge in [0.05, 0.1) is 0 Å². The molecule has 2 amide bonds. The SMILES string of the molecule is Cc1ccc(Br)cc1NC(=O)Nc1ccc(F)cc1. The van der Waals surface area contributed by atoms with Gasteiger partial charge in [-0.3, -0.25) is 0 Å². The number of nitrogens with one attached hydrogen (secondary N) is 2. The van der Waals surface area contributed by atoms with Crippen molar-refractivity contribution < 1.29 is 9.18 Å². The molecule has 0 aliphatic heterocycles. The van der Waals surface area contributed by atoms with Crippen LogP contribution in [0.25, 0.3) is 0 Å². The molecular formula is C14H12BrFN2O.